The molecule has 20 heavy (non-hydrogen) atoms. The van der Waals surface area contributed by atoms with Gasteiger partial charge in [-0.15, -0.1) is 0 Å². The maximum absolute atomic E-state index is 5.30. The highest BCUT2D eigenvalue weighted by molar-refractivity contribution is 7.80. The normalized spacial score (nSPS) is 12.2. The van der Waals surface area contributed by atoms with E-state index in [1.807, 2.05) is 17.8 Å². The van der Waals surface area contributed by atoms with Crippen molar-refractivity contribution in [2.45, 2.75) is 46.7 Å². The van der Waals surface area contributed by atoms with E-state index in [0.717, 1.165) is 32.7 Å². The van der Waals surface area contributed by atoms with Gasteiger partial charge < -0.3 is 15.4 Å². The molecule has 5 nitrogen and oxygen atoms in total. The van der Waals surface area contributed by atoms with Crippen molar-refractivity contribution in [2.24, 2.45) is 0 Å². The Bertz CT molecular complexity index is 419. The van der Waals surface area contributed by atoms with Crippen molar-refractivity contribution in [3.8, 4) is 0 Å². The van der Waals surface area contributed by atoms with E-state index < -0.39 is 0 Å². The highest BCUT2D eigenvalue weighted by Gasteiger charge is 2.13. The van der Waals surface area contributed by atoms with Gasteiger partial charge in [-0.25, -0.2) is 0 Å². The van der Waals surface area contributed by atoms with Crippen molar-refractivity contribution in [3.63, 3.8) is 0 Å². The van der Waals surface area contributed by atoms with Gasteiger partial charge in [0.25, 0.3) is 0 Å². The Morgan fingerprint density at radius 3 is 2.85 bits per heavy atom. The monoisotopic (exact) mass is 298 g/mol. The molecule has 0 amide bonds. The number of aromatic nitrogens is 2. The average Bonchev–Trinajstić information content (AvgIpc) is 2.79. The molecular formula is C14H26N4OS. The number of nitrogens with zero attached hydrogens (tertiary/aromatic N) is 2. The molecule has 114 valence electrons. The van der Waals surface area contributed by atoms with Crippen LogP contribution in [-0.2, 0) is 11.3 Å². The van der Waals surface area contributed by atoms with Crippen LogP contribution in [-0.4, -0.2) is 34.7 Å². The first-order chi connectivity index (χ1) is 9.60. The van der Waals surface area contributed by atoms with E-state index in [2.05, 4.69) is 36.5 Å². The molecule has 1 heterocycles. The van der Waals surface area contributed by atoms with Crippen molar-refractivity contribution in [1.29, 1.82) is 0 Å². The molecule has 1 aromatic heterocycles. The Morgan fingerprint density at radius 2 is 2.25 bits per heavy atom. The lowest BCUT2D eigenvalue weighted by Gasteiger charge is -2.17. The summed E-state index contributed by atoms with van der Waals surface area (Å²) in [5.74, 6) is 0. The first-order valence-corrected chi connectivity index (χ1v) is 7.65. The highest BCUT2D eigenvalue weighted by atomic mass is 32.1. The molecule has 0 bridgehead atoms. The minimum absolute atomic E-state index is 0.155. The second-order valence-electron chi connectivity index (χ2n) is 4.67. The average molecular weight is 298 g/mol. The minimum atomic E-state index is 0.155. The first-order valence-electron chi connectivity index (χ1n) is 7.24. The third kappa shape index (κ3) is 5.09. The predicted octanol–water partition coefficient (Wildman–Crippen LogP) is 2.16. The smallest absolute Gasteiger partial charge is 0.166 e. The fourth-order valence-corrected chi connectivity index (χ4v) is 2.33. The molecule has 0 aromatic carbocycles. The fraction of sp³-hybridized carbons (Fsp3) is 0.714. The summed E-state index contributed by atoms with van der Waals surface area (Å²) in [5.41, 5.74) is 2.37. The zero-order valence-corrected chi connectivity index (χ0v) is 13.7. The van der Waals surface area contributed by atoms with Gasteiger partial charge in [-0.3, -0.25) is 4.68 Å². The largest absolute Gasteiger partial charge is 0.382 e. The summed E-state index contributed by atoms with van der Waals surface area (Å²) in [6.07, 6.45) is 2.87. The van der Waals surface area contributed by atoms with Crippen LogP contribution < -0.4 is 10.6 Å². The van der Waals surface area contributed by atoms with E-state index in [0.29, 0.717) is 5.11 Å². The summed E-state index contributed by atoms with van der Waals surface area (Å²) in [7, 11) is 0. The maximum Gasteiger partial charge on any atom is 0.166 e. The van der Waals surface area contributed by atoms with Gasteiger partial charge in [0.1, 0.15) is 0 Å². The third-order valence-corrected chi connectivity index (χ3v) is 3.47. The van der Waals surface area contributed by atoms with Crippen molar-refractivity contribution < 1.29 is 4.74 Å². The summed E-state index contributed by atoms with van der Waals surface area (Å²) in [6.45, 7) is 11.5. The number of hydrogen-bond acceptors (Lipinski definition) is 3. The molecular weight excluding hydrogens is 272 g/mol. The van der Waals surface area contributed by atoms with Crippen LogP contribution in [0, 0.1) is 6.92 Å². The Balaban J connectivity index is 2.35. The first kappa shape index (κ1) is 16.9. The van der Waals surface area contributed by atoms with E-state index in [1.165, 1.54) is 11.3 Å². The van der Waals surface area contributed by atoms with Gasteiger partial charge in [0, 0.05) is 37.6 Å². The van der Waals surface area contributed by atoms with Crippen LogP contribution in [0.3, 0.4) is 0 Å². The summed E-state index contributed by atoms with van der Waals surface area (Å²) in [5, 5.41) is 11.5. The zero-order chi connectivity index (χ0) is 15.0. The Labute approximate surface area is 127 Å². The van der Waals surface area contributed by atoms with Crippen LogP contribution in [0.4, 0.5) is 0 Å². The molecule has 0 aliphatic heterocycles. The van der Waals surface area contributed by atoms with Crippen LogP contribution in [0.1, 0.15) is 44.5 Å². The van der Waals surface area contributed by atoms with Crippen molar-refractivity contribution in [3.05, 3.63) is 17.5 Å². The predicted molar refractivity (Wildman–Crippen MR) is 85.9 cm³/mol. The van der Waals surface area contributed by atoms with E-state index in [4.69, 9.17) is 17.0 Å². The van der Waals surface area contributed by atoms with Crippen LogP contribution in [0.25, 0.3) is 0 Å². The molecule has 0 spiro atoms. The number of rotatable bonds is 8. The van der Waals surface area contributed by atoms with Crippen LogP contribution in [0.5, 0.6) is 0 Å². The summed E-state index contributed by atoms with van der Waals surface area (Å²) < 4.78 is 7.27. The van der Waals surface area contributed by atoms with Crippen LogP contribution >= 0.6 is 12.2 Å². The second-order valence-corrected chi connectivity index (χ2v) is 5.08. The lowest BCUT2D eigenvalue weighted by Crippen LogP contribution is -2.37. The molecule has 0 saturated heterocycles. The molecule has 0 saturated carbocycles. The van der Waals surface area contributed by atoms with Gasteiger partial charge in [0.15, 0.2) is 5.11 Å². The number of nitrogens with one attached hydrogen (secondary N) is 2. The molecule has 1 atom stereocenters. The molecule has 1 rings (SSSR count). The number of ether oxygens (including phenoxy) is 1. The fourth-order valence-electron chi connectivity index (χ4n) is 2.05. The summed E-state index contributed by atoms with van der Waals surface area (Å²) in [4.78, 5) is 0. The maximum atomic E-state index is 5.30. The SMILES string of the molecule is CCOCCCNC(=S)NC(C)c1cnn(CC)c1C. The van der Waals surface area contributed by atoms with E-state index in [9.17, 15) is 0 Å². The topological polar surface area (TPSA) is 51.1 Å². The zero-order valence-electron chi connectivity index (χ0n) is 12.9. The number of aryl methyl sites for hydroxylation is 1. The third-order valence-electron chi connectivity index (χ3n) is 3.21. The van der Waals surface area contributed by atoms with Gasteiger partial charge in [-0.1, -0.05) is 0 Å². The van der Waals surface area contributed by atoms with Gasteiger partial charge in [0.2, 0.25) is 0 Å². The van der Waals surface area contributed by atoms with Gasteiger partial charge >= 0.3 is 0 Å². The Hall–Kier alpha value is -1.14. The number of thiocarbonyl (C=S) groups is 1. The molecule has 0 fully saturated rings. The molecule has 2 N–H and O–H groups in total. The van der Waals surface area contributed by atoms with E-state index in [1.54, 1.807) is 0 Å². The highest BCUT2D eigenvalue weighted by Crippen LogP contribution is 2.16. The minimum Gasteiger partial charge on any atom is -0.382 e. The quantitative estimate of drug-likeness (QED) is 0.569. The summed E-state index contributed by atoms with van der Waals surface area (Å²) in [6, 6.07) is 0.155. The van der Waals surface area contributed by atoms with Gasteiger partial charge in [0.05, 0.1) is 12.2 Å². The van der Waals surface area contributed by atoms with E-state index in [-0.39, 0.29) is 6.04 Å². The van der Waals surface area contributed by atoms with Crippen molar-refractivity contribution in [2.75, 3.05) is 19.8 Å². The van der Waals surface area contributed by atoms with Crippen LogP contribution in [0.15, 0.2) is 6.20 Å². The lowest BCUT2D eigenvalue weighted by atomic mass is 10.1. The van der Waals surface area contributed by atoms with Crippen molar-refractivity contribution in [1.82, 2.24) is 20.4 Å². The number of hydrogen-bond donors (Lipinski definition) is 2. The molecule has 6 heteroatoms. The molecule has 1 aromatic rings. The standard InChI is InChI=1S/C14H26N4OS/c1-5-18-12(4)13(10-16-18)11(3)17-14(20)15-8-7-9-19-6-2/h10-11H,5-9H2,1-4H3,(H2,15,17,20). The van der Waals surface area contributed by atoms with Crippen LogP contribution in [0.2, 0.25) is 0 Å². The second kappa shape index (κ2) is 8.92. The van der Waals surface area contributed by atoms with Gasteiger partial charge in [-0.2, -0.15) is 5.10 Å². The molecule has 0 aliphatic rings. The Kier molecular flexibility index (Phi) is 7.54. The molecule has 0 aliphatic carbocycles. The molecule has 1 unspecified atom stereocenters. The molecule has 0 radical (unpaired) electrons. The van der Waals surface area contributed by atoms with E-state index >= 15 is 0 Å². The lowest BCUT2D eigenvalue weighted by molar-refractivity contribution is 0.145. The van der Waals surface area contributed by atoms with Crippen molar-refractivity contribution >= 4 is 17.3 Å². The summed E-state index contributed by atoms with van der Waals surface area (Å²) >= 11 is 5.30. The van der Waals surface area contributed by atoms with Gasteiger partial charge in [-0.05, 0) is 46.3 Å². The Morgan fingerprint density at radius 1 is 1.50 bits per heavy atom.